The van der Waals surface area contributed by atoms with Crippen molar-refractivity contribution in [3.8, 4) is 5.75 Å². The highest BCUT2D eigenvalue weighted by Gasteiger charge is 2.15. The number of esters is 1. The average molecular weight is 521 g/mol. The topological polar surface area (TPSA) is 26.3 Å². The summed E-state index contributed by atoms with van der Waals surface area (Å²) in [6, 6.07) is 7.76. The van der Waals surface area contributed by atoms with Crippen molar-refractivity contribution in [2.75, 3.05) is 0 Å². The van der Waals surface area contributed by atoms with E-state index in [1.807, 2.05) is 30.3 Å². The van der Waals surface area contributed by atoms with E-state index in [0.717, 1.165) is 31.2 Å². The van der Waals surface area contributed by atoms with Gasteiger partial charge in [0.05, 0.1) is 0 Å². The van der Waals surface area contributed by atoms with Crippen molar-refractivity contribution in [3.05, 3.63) is 72.4 Å². The van der Waals surface area contributed by atoms with Gasteiger partial charge in [-0.1, -0.05) is 119 Å². The number of benzene rings is 1. The molecule has 1 rings (SSSR count). The zero-order valence-corrected chi connectivity index (χ0v) is 25.1. The maximum atomic E-state index is 12.2. The predicted molar refractivity (Wildman–Crippen MR) is 168 cm³/mol. The molecule has 1 aromatic rings. The van der Waals surface area contributed by atoms with Crippen molar-refractivity contribution in [1.29, 1.82) is 0 Å². The van der Waals surface area contributed by atoms with Gasteiger partial charge >= 0.3 is 5.97 Å². The van der Waals surface area contributed by atoms with Crippen LogP contribution in [0.15, 0.2) is 66.8 Å². The van der Waals surface area contributed by atoms with Crippen molar-refractivity contribution in [1.82, 2.24) is 0 Å². The van der Waals surface area contributed by atoms with Crippen LogP contribution >= 0.6 is 0 Å². The lowest BCUT2D eigenvalue weighted by Crippen LogP contribution is -2.08. The summed E-state index contributed by atoms with van der Waals surface area (Å²) in [6.07, 6.45) is 32.2. The van der Waals surface area contributed by atoms with Crippen LogP contribution in [0.25, 0.3) is 6.08 Å². The third kappa shape index (κ3) is 18.0. The second kappa shape index (κ2) is 21.6. The molecule has 0 spiro atoms. The number of hydrogen-bond acceptors (Lipinski definition) is 2. The summed E-state index contributed by atoms with van der Waals surface area (Å²) in [5.41, 5.74) is 2.40. The van der Waals surface area contributed by atoms with Crippen LogP contribution in [0.4, 0.5) is 0 Å². The number of rotatable bonds is 22. The minimum Gasteiger partial charge on any atom is -0.427 e. The second-order valence-corrected chi connectivity index (χ2v) is 11.2. The number of hydrogen-bond donors (Lipinski definition) is 0. The van der Waals surface area contributed by atoms with E-state index in [4.69, 9.17) is 4.74 Å². The molecule has 0 heterocycles. The Morgan fingerprint density at radius 2 is 1.42 bits per heavy atom. The number of carbonyl (C=O) groups is 1. The maximum absolute atomic E-state index is 12.2. The minimum atomic E-state index is -0.135. The molecule has 0 saturated carbocycles. The molecule has 212 valence electrons. The summed E-state index contributed by atoms with van der Waals surface area (Å²) in [5.74, 6) is 0.486. The smallest absolute Gasteiger partial charge is 0.311 e. The number of carbonyl (C=O) groups excluding carboxylic acids is 1. The summed E-state index contributed by atoms with van der Waals surface area (Å²) in [5, 5.41) is 0. The molecule has 0 bridgehead atoms. The van der Waals surface area contributed by atoms with Crippen LogP contribution in [0, 0.1) is 5.41 Å². The van der Waals surface area contributed by atoms with Gasteiger partial charge in [0.1, 0.15) is 5.75 Å². The number of unbranched alkanes of at least 4 members (excludes halogenated alkanes) is 11. The van der Waals surface area contributed by atoms with Crippen molar-refractivity contribution in [2.24, 2.45) is 5.41 Å². The highest BCUT2D eigenvalue weighted by atomic mass is 16.5. The highest BCUT2D eigenvalue weighted by molar-refractivity contribution is 5.72. The lowest BCUT2D eigenvalue weighted by molar-refractivity contribution is -0.134. The normalized spacial score (nSPS) is 13.1. The molecule has 0 aliphatic heterocycles. The van der Waals surface area contributed by atoms with Crippen molar-refractivity contribution in [2.45, 2.75) is 130 Å². The van der Waals surface area contributed by atoms with Crippen molar-refractivity contribution >= 4 is 12.0 Å². The molecule has 1 aromatic carbocycles. The molecule has 0 N–H and O–H groups in total. The average Bonchev–Trinajstić information content (AvgIpc) is 2.90. The SMILES string of the molecule is C=C[C@@](C)(/C=C/c1ccc(OC(=O)CCCCCCC/C=C\CCCCCCCC)cc1)CCC=C(C)C. The molecule has 0 amide bonds. The molecular formula is C36H56O2. The second-order valence-electron chi connectivity index (χ2n) is 11.2. The first kappa shape index (κ1) is 33.7. The van der Waals surface area contributed by atoms with E-state index in [-0.39, 0.29) is 11.4 Å². The van der Waals surface area contributed by atoms with E-state index >= 15 is 0 Å². The van der Waals surface area contributed by atoms with Gasteiger partial charge in [0.2, 0.25) is 0 Å². The Morgan fingerprint density at radius 1 is 0.842 bits per heavy atom. The molecule has 2 heteroatoms. The lowest BCUT2D eigenvalue weighted by atomic mass is 9.84. The van der Waals surface area contributed by atoms with Crippen LogP contribution in [-0.2, 0) is 4.79 Å². The third-order valence-electron chi connectivity index (χ3n) is 7.11. The van der Waals surface area contributed by atoms with Gasteiger partial charge in [0.15, 0.2) is 0 Å². The highest BCUT2D eigenvalue weighted by Crippen LogP contribution is 2.28. The van der Waals surface area contributed by atoms with E-state index in [9.17, 15) is 4.79 Å². The fourth-order valence-corrected chi connectivity index (χ4v) is 4.38. The Balaban J connectivity index is 2.16. The molecule has 1 atom stereocenters. The lowest BCUT2D eigenvalue weighted by Gasteiger charge is -2.20. The molecule has 2 nitrogen and oxygen atoms in total. The minimum absolute atomic E-state index is 0.0406. The first-order chi connectivity index (χ1) is 18.4. The van der Waals surface area contributed by atoms with Gasteiger partial charge in [-0.25, -0.2) is 0 Å². The van der Waals surface area contributed by atoms with Crippen LogP contribution in [0.2, 0.25) is 0 Å². The van der Waals surface area contributed by atoms with Crippen LogP contribution in [0.1, 0.15) is 136 Å². The maximum Gasteiger partial charge on any atom is 0.311 e. The van der Waals surface area contributed by atoms with Gasteiger partial charge in [-0.15, -0.1) is 6.58 Å². The number of ether oxygens (including phenoxy) is 1. The van der Waals surface area contributed by atoms with Crippen LogP contribution in [0.5, 0.6) is 5.75 Å². The summed E-state index contributed by atoms with van der Waals surface area (Å²) in [6.45, 7) is 12.8. The summed E-state index contributed by atoms with van der Waals surface area (Å²) >= 11 is 0. The Morgan fingerprint density at radius 3 is 2.00 bits per heavy atom. The van der Waals surface area contributed by atoms with Crippen molar-refractivity contribution in [3.63, 3.8) is 0 Å². The van der Waals surface area contributed by atoms with E-state index in [1.54, 1.807) is 0 Å². The quantitative estimate of drug-likeness (QED) is 0.0657. The largest absolute Gasteiger partial charge is 0.427 e. The molecule has 0 unspecified atom stereocenters. The number of allylic oxidation sites excluding steroid dienone is 6. The zero-order chi connectivity index (χ0) is 27.9. The van der Waals surface area contributed by atoms with E-state index in [1.165, 1.54) is 76.2 Å². The molecule has 0 saturated heterocycles. The molecule has 0 aromatic heterocycles. The Hall–Kier alpha value is -2.35. The first-order valence-electron chi connectivity index (χ1n) is 15.3. The zero-order valence-electron chi connectivity index (χ0n) is 25.1. The van der Waals surface area contributed by atoms with E-state index < -0.39 is 0 Å². The van der Waals surface area contributed by atoms with Gasteiger partial charge in [0.25, 0.3) is 0 Å². The monoisotopic (exact) mass is 520 g/mol. The summed E-state index contributed by atoms with van der Waals surface area (Å²) in [4.78, 5) is 12.2. The molecule has 0 radical (unpaired) electrons. The van der Waals surface area contributed by atoms with Gasteiger partial charge < -0.3 is 4.74 Å². The van der Waals surface area contributed by atoms with E-state index in [0.29, 0.717) is 12.2 Å². The van der Waals surface area contributed by atoms with Crippen LogP contribution in [0.3, 0.4) is 0 Å². The van der Waals surface area contributed by atoms with Crippen molar-refractivity contribution < 1.29 is 9.53 Å². The van der Waals surface area contributed by atoms with E-state index in [2.05, 4.69) is 64.7 Å². The fraction of sp³-hybridized carbons (Fsp3) is 0.583. The van der Waals surface area contributed by atoms with Crippen LogP contribution < -0.4 is 4.74 Å². The summed E-state index contributed by atoms with van der Waals surface area (Å²) < 4.78 is 5.54. The third-order valence-corrected chi connectivity index (χ3v) is 7.11. The molecule has 0 aliphatic rings. The van der Waals surface area contributed by atoms with Gasteiger partial charge in [-0.05, 0) is 76.5 Å². The Labute approximate surface area is 235 Å². The molecule has 0 fully saturated rings. The Bertz CT molecular complexity index is 839. The fourth-order valence-electron chi connectivity index (χ4n) is 4.38. The molecular weight excluding hydrogens is 464 g/mol. The Kier molecular flexibility index (Phi) is 19.1. The molecule has 0 aliphatic carbocycles. The van der Waals surface area contributed by atoms with Gasteiger partial charge in [0, 0.05) is 11.8 Å². The van der Waals surface area contributed by atoms with Gasteiger partial charge in [-0.2, -0.15) is 0 Å². The standard InChI is InChI=1S/C36H56O2/c1-6-8-9-10-11-12-13-14-15-16-17-18-19-20-21-24-35(37)38-34-27-25-33(26-28-34)29-31-36(5,7-2)30-22-23-32(3)4/h7,14-15,23,25-29,31H,2,6,8-13,16-22,24,30H2,1,3-5H3/b15-14-,31-29+/t36-/m1/s1. The first-order valence-corrected chi connectivity index (χ1v) is 15.3. The van der Waals surface area contributed by atoms with Gasteiger partial charge in [-0.3, -0.25) is 4.79 Å². The summed E-state index contributed by atoms with van der Waals surface area (Å²) in [7, 11) is 0. The predicted octanol–water partition coefficient (Wildman–Crippen LogP) is 11.6. The van der Waals surface area contributed by atoms with Crippen LogP contribution in [-0.4, -0.2) is 5.97 Å². The molecule has 38 heavy (non-hydrogen) atoms.